The maximum atomic E-state index is 6.04. The van der Waals surface area contributed by atoms with Crippen molar-refractivity contribution in [1.82, 2.24) is 14.9 Å². The number of likely N-dealkylation sites (N-methyl/N-ethyl adjacent to an activating group) is 1. The number of piperazine rings is 1. The molecule has 0 unspecified atom stereocenters. The van der Waals surface area contributed by atoms with Gasteiger partial charge in [0.05, 0.1) is 5.52 Å². The molecule has 4 aromatic carbocycles. The number of nitrogens with one attached hydrogen (secondary N) is 1. The highest BCUT2D eigenvalue weighted by Crippen LogP contribution is 2.30. The second-order valence-electron chi connectivity index (χ2n) is 9.62. The molecule has 0 bridgehead atoms. The van der Waals surface area contributed by atoms with Gasteiger partial charge in [0.25, 0.3) is 0 Å². The molecule has 0 spiro atoms. The molecule has 5 aromatic rings. The van der Waals surface area contributed by atoms with Gasteiger partial charge in [0.1, 0.15) is 5.82 Å². The highest BCUT2D eigenvalue weighted by atomic mass is 35.5. The molecule has 1 fully saturated rings. The van der Waals surface area contributed by atoms with E-state index in [2.05, 4.69) is 82.7 Å². The number of anilines is 3. The zero-order valence-corrected chi connectivity index (χ0v) is 22.2. The first-order valence-electron chi connectivity index (χ1n) is 13.1. The Balaban J connectivity index is 1.32. The Morgan fingerprint density at radius 2 is 1.53 bits per heavy atom. The van der Waals surface area contributed by atoms with Crippen LogP contribution in [0.15, 0.2) is 84.9 Å². The van der Waals surface area contributed by atoms with Gasteiger partial charge in [0.15, 0.2) is 5.82 Å². The third-order valence-electron chi connectivity index (χ3n) is 7.19. The number of hydrogen-bond acceptors (Lipinski definition) is 5. The largest absolute Gasteiger partial charge is 0.369 e. The van der Waals surface area contributed by atoms with Gasteiger partial charge in [0.2, 0.25) is 0 Å². The summed E-state index contributed by atoms with van der Waals surface area (Å²) in [6.45, 7) is 7.71. The van der Waals surface area contributed by atoms with Crippen LogP contribution in [0, 0.1) is 0 Å². The lowest BCUT2D eigenvalue weighted by Crippen LogP contribution is -2.46. The van der Waals surface area contributed by atoms with E-state index in [1.807, 2.05) is 36.4 Å². The molecule has 1 saturated heterocycles. The third kappa shape index (κ3) is 5.35. The third-order valence-corrected chi connectivity index (χ3v) is 7.44. The molecule has 0 radical (unpaired) electrons. The van der Waals surface area contributed by atoms with E-state index < -0.39 is 0 Å². The molecule has 190 valence electrons. The quantitative estimate of drug-likeness (QED) is 0.235. The first-order chi connectivity index (χ1) is 18.6. The molecule has 5 nitrogen and oxygen atoms in total. The number of nitrogens with zero attached hydrogens (tertiary/aromatic N) is 4. The fraction of sp³-hybridized carbons (Fsp3) is 0.188. The summed E-state index contributed by atoms with van der Waals surface area (Å²) in [5, 5.41) is 7.61. The molecule has 1 aliphatic heterocycles. The molecule has 2 heterocycles. The Hall–Kier alpha value is -3.93. The Labute approximate surface area is 228 Å². The fourth-order valence-electron chi connectivity index (χ4n) is 4.96. The second kappa shape index (κ2) is 10.8. The van der Waals surface area contributed by atoms with Crippen molar-refractivity contribution in [1.29, 1.82) is 0 Å². The lowest BCUT2D eigenvalue weighted by molar-refractivity contribution is 0.271. The van der Waals surface area contributed by atoms with Crippen LogP contribution in [-0.4, -0.2) is 47.6 Å². The Morgan fingerprint density at radius 1 is 0.816 bits per heavy atom. The minimum Gasteiger partial charge on any atom is -0.369 e. The van der Waals surface area contributed by atoms with Crippen molar-refractivity contribution in [2.75, 3.05) is 42.9 Å². The Bertz CT molecular complexity index is 1590. The predicted molar refractivity (Wildman–Crippen MR) is 161 cm³/mol. The molecule has 6 heteroatoms. The van der Waals surface area contributed by atoms with Gasteiger partial charge >= 0.3 is 0 Å². The van der Waals surface area contributed by atoms with Crippen molar-refractivity contribution in [3.05, 3.63) is 101 Å². The smallest absolute Gasteiger partial charge is 0.154 e. The van der Waals surface area contributed by atoms with Crippen molar-refractivity contribution in [2.45, 2.75) is 6.92 Å². The van der Waals surface area contributed by atoms with E-state index in [1.54, 1.807) is 0 Å². The fourth-order valence-corrected chi connectivity index (χ4v) is 5.09. The molecule has 1 N–H and O–H groups in total. The van der Waals surface area contributed by atoms with Crippen LogP contribution in [0.4, 0.5) is 17.2 Å². The zero-order valence-electron chi connectivity index (χ0n) is 21.4. The molecule has 1 aliphatic rings. The van der Waals surface area contributed by atoms with Crippen LogP contribution < -0.4 is 10.2 Å². The van der Waals surface area contributed by atoms with E-state index in [1.165, 1.54) is 5.69 Å². The summed E-state index contributed by atoms with van der Waals surface area (Å²) in [7, 11) is 0. The zero-order chi connectivity index (χ0) is 25.9. The topological polar surface area (TPSA) is 44.3 Å². The van der Waals surface area contributed by atoms with Gasteiger partial charge in [-0.05, 0) is 77.5 Å². The number of aromatic nitrogens is 2. The molecular formula is C32H30ClN5. The molecule has 6 rings (SSSR count). The van der Waals surface area contributed by atoms with Crippen LogP contribution in [0.3, 0.4) is 0 Å². The summed E-state index contributed by atoms with van der Waals surface area (Å²) in [6, 6.07) is 29.1. The van der Waals surface area contributed by atoms with Crippen molar-refractivity contribution in [2.24, 2.45) is 0 Å². The average Bonchev–Trinajstić information content (AvgIpc) is 2.96. The van der Waals surface area contributed by atoms with Gasteiger partial charge in [-0.2, -0.15) is 0 Å². The van der Waals surface area contributed by atoms with Crippen LogP contribution in [-0.2, 0) is 0 Å². The Morgan fingerprint density at radius 3 is 2.24 bits per heavy atom. The van der Waals surface area contributed by atoms with Crippen molar-refractivity contribution in [3.63, 3.8) is 0 Å². The number of hydrogen-bond donors (Lipinski definition) is 1. The van der Waals surface area contributed by atoms with Gasteiger partial charge in [-0.1, -0.05) is 61.0 Å². The van der Waals surface area contributed by atoms with E-state index in [4.69, 9.17) is 21.6 Å². The summed E-state index contributed by atoms with van der Waals surface area (Å²) in [5.41, 5.74) is 4.21. The van der Waals surface area contributed by atoms with Crippen molar-refractivity contribution >= 4 is 62.6 Å². The van der Waals surface area contributed by atoms with Crippen LogP contribution in [0.1, 0.15) is 18.3 Å². The van der Waals surface area contributed by atoms with E-state index in [0.717, 1.165) is 76.5 Å². The number of benzene rings is 4. The summed E-state index contributed by atoms with van der Waals surface area (Å²) < 4.78 is 0. The average molecular weight is 520 g/mol. The normalized spacial score (nSPS) is 14.5. The van der Waals surface area contributed by atoms with Gasteiger partial charge in [0, 0.05) is 48.0 Å². The van der Waals surface area contributed by atoms with Gasteiger partial charge in [-0.3, -0.25) is 0 Å². The summed E-state index contributed by atoms with van der Waals surface area (Å²) in [4.78, 5) is 14.7. The van der Waals surface area contributed by atoms with Crippen LogP contribution in [0.25, 0.3) is 33.8 Å². The van der Waals surface area contributed by atoms with E-state index >= 15 is 0 Å². The standard InChI is InChI=1S/C32H30ClN5/c1-2-37-17-19-38(20-18-37)28-14-12-27(13-15-28)34-32-29-21-24-5-3-4-6-25(24)22-30(29)35-31(36-32)16-9-23-7-10-26(33)11-8-23/h3-16,21-22H,2,17-20H2,1H3,(H,34,35,36). The molecule has 1 aromatic heterocycles. The first-order valence-corrected chi connectivity index (χ1v) is 13.5. The molecule has 38 heavy (non-hydrogen) atoms. The number of rotatable bonds is 6. The maximum absolute atomic E-state index is 6.04. The van der Waals surface area contributed by atoms with E-state index in [0.29, 0.717) is 5.82 Å². The molecule has 0 aliphatic carbocycles. The van der Waals surface area contributed by atoms with Crippen LogP contribution in [0.2, 0.25) is 5.02 Å². The molecule has 0 amide bonds. The molecule has 0 atom stereocenters. The number of fused-ring (bicyclic) bond motifs is 2. The first kappa shape index (κ1) is 24.4. The highest BCUT2D eigenvalue weighted by Gasteiger charge is 2.16. The molecular weight excluding hydrogens is 490 g/mol. The minimum atomic E-state index is 0.649. The van der Waals surface area contributed by atoms with Crippen molar-refractivity contribution in [3.8, 4) is 0 Å². The Kier molecular flexibility index (Phi) is 6.95. The molecule has 0 saturated carbocycles. The lowest BCUT2D eigenvalue weighted by Gasteiger charge is -2.35. The van der Waals surface area contributed by atoms with E-state index in [9.17, 15) is 0 Å². The summed E-state index contributed by atoms with van der Waals surface area (Å²) in [5.74, 6) is 1.44. The lowest BCUT2D eigenvalue weighted by atomic mass is 10.1. The van der Waals surface area contributed by atoms with Crippen molar-refractivity contribution < 1.29 is 0 Å². The maximum Gasteiger partial charge on any atom is 0.154 e. The van der Waals surface area contributed by atoms with Crippen LogP contribution >= 0.6 is 11.6 Å². The van der Waals surface area contributed by atoms with Gasteiger partial charge in [-0.15, -0.1) is 0 Å². The highest BCUT2D eigenvalue weighted by molar-refractivity contribution is 6.30. The number of halogens is 1. The van der Waals surface area contributed by atoms with E-state index in [-0.39, 0.29) is 0 Å². The van der Waals surface area contributed by atoms with Gasteiger partial charge < -0.3 is 15.1 Å². The summed E-state index contributed by atoms with van der Waals surface area (Å²) in [6.07, 6.45) is 3.96. The predicted octanol–water partition coefficient (Wildman–Crippen LogP) is 7.49. The SMILES string of the molecule is CCN1CCN(c2ccc(Nc3nc(C=Cc4ccc(Cl)cc4)nc4cc5ccccc5cc34)cc2)CC1. The van der Waals surface area contributed by atoms with Crippen LogP contribution in [0.5, 0.6) is 0 Å². The monoisotopic (exact) mass is 519 g/mol. The minimum absolute atomic E-state index is 0.649. The second-order valence-corrected chi connectivity index (χ2v) is 10.1. The summed E-state index contributed by atoms with van der Waals surface area (Å²) >= 11 is 6.04. The van der Waals surface area contributed by atoms with Gasteiger partial charge in [-0.25, -0.2) is 9.97 Å².